The topological polar surface area (TPSA) is 64.3 Å². The summed E-state index contributed by atoms with van der Waals surface area (Å²) in [5.74, 6) is 0.681. The summed E-state index contributed by atoms with van der Waals surface area (Å²) in [4.78, 5) is 0. The average Bonchev–Trinajstić information content (AvgIpc) is 2.28. The molecule has 0 aliphatic carbocycles. The van der Waals surface area contributed by atoms with Gasteiger partial charge in [0.05, 0.1) is 11.8 Å². The lowest BCUT2D eigenvalue weighted by Gasteiger charge is -2.15. The van der Waals surface area contributed by atoms with Crippen molar-refractivity contribution in [2.45, 2.75) is 32.1 Å². The summed E-state index contributed by atoms with van der Waals surface area (Å²) in [7, 11) is -0.821. The van der Waals surface area contributed by atoms with Gasteiger partial charge in [0, 0.05) is 40.6 Å². The highest BCUT2D eigenvalue weighted by atomic mass is 32.2. The zero-order valence-electron chi connectivity index (χ0n) is 11.4. The van der Waals surface area contributed by atoms with Crippen molar-refractivity contribution in [2.75, 3.05) is 23.9 Å². The van der Waals surface area contributed by atoms with Crippen molar-refractivity contribution in [3.63, 3.8) is 0 Å². The summed E-state index contributed by atoms with van der Waals surface area (Å²) in [6.45, 7) is 6.53. The molecular formula is C13H22N2O2S. The Labute approximate surface area is 111 Å². The molecule has 0 aliphatic heterocycles. The highest BCUT2D eigenvalue weighted by molar-refractivity contribution is 7.84. The largest absolute Gasteiger partial charge is 0.489 e. The van der Waals surface area contributed by atoms with Gasteiger partial charge in [-0.05, 0) is 32.9 Å². The summed E-state index contributed by atoms with van der Waals surface area (Å²) in [6, 6.07) is 5.59. The molecule has 5 heteroatoms. The lowest BCUT2D eigenvalue weighted by molar-refractivity contribution is 0.244. The van der Waals surface area contributed by atoms with Gasteiger partial charge in [-0.25, -0.2) is 0 Å². The number of anilines is 2. The molecule has 18 heavy (non-hydrogen) atoms. The Morgan fingerprint density at radius 2 is 2.06 bits per heavy atom. The fraction of sp³-hybridized carbons (Fsp3) is 0.538. The minimum atomic E-state index is -0.821. The predicted octanol–water partition coefficient (Wildman–Crippen LogP) is 2.23. The maximum Gasteiger partial charge on any atom is 0.144 e. The summed E-state index contributed by atoms with van der Waals surface area (Å²) >= 11 is 0. The molecule has 102 valence electrons. The van der Waals surface area contributed by atoms with E-state index < -0.39 is 10.8 Å². The smallest absolute Gasteiger partial charge is 0.144 e. The number of nitrogen functional groups attached to an aromatic ring is 1. The monoisotopic (exact) mass is 270 g/mol. The molecule has 0 bridgehead atoms. The average molecular weight is 270 g/mol. The molecule has 0 saturated carbocycles. The van der Waals surface area contributed by atoms with Crippen molar-refractivity contribution in [1.29, 1.82) is 0 Å². The fourth-order valence-electron chi connectivity index (χ4n) is 1.38. The van der Waals surface area contributed by atoms with Crippen molar-refractivity contribution < 1.29 is 8.95 Å². The van der Waals surface area contributed by atoms with E-state index in [1.54, 1.807) is 6.26 Å². The number of nitrogens with one attached hydrogen (secondary N) is 1. The van der Waals surface area contributed by atoms with Crippen LogP contribution in [0.1, 0.15) is 20.8 Å². The Bertz CT molecular complexity index is 421. The standard InChI is InChI=1S/C13H22N2O2S/c1-9(2)17-13-7-11(5-6-12(13)14)15-8-10(3)18(4)16/h5-7,9-10,15H,8,14H2,1-4H3. The molecule has 0 amide bonds. The van der Waals surface area contributed by atoms with E-state index in [1.807, 2.05) is 39.0 Å². The Morgan fingerprint density at radius 3 is 2.61 bits per heavy atom. The Kier molecular flexibility index (Phi) is 5.47. The molecule has 0 saturated heterocycles. The van der Waals surface area contributed by atoms with Crippen LogP contribution in [0.25, 0.3) is 0 Å². The van der Waals surface area contributed by atoms with Crippen LogP contribution < -0.4 is 15.8 Å². The zero-order chi connectivity index (χ0) is 13.7. The number of hydrogen-bond acceptors (Lipinski definition) is 4. The number of nitrogens with two attached hydrogens (primary N) is 1. The molecule has 0 aliphatic rings. The van der Waals surface area contributed by atoms with Crippen LogP contribution in [0.15, 0.2) is 18.2 Å². The highest BCUT2D eigenvalue weighted by Crippen LogP contribution is 2.26. The fourth-order valence-corrected chi connectivity index (χ4v) is 1.70. The second-order valence-electron chi connectivity index (χ2n) is 4.61. The third-order valence-corrected chi connectivity index (χ3v) is 3.84. The molecule has 1 aromatic rings. The number of benzene rings is 1. The number of hydrogen-bond donors (Lipinski definition) is 2. The van der Waals surface area contributed by atoms with Gasteiger partial charge < -0.3 is 15.8 Å². The van der Waals surface area contributed by atoms with Gasteiger partial charge in [-0.2, -0.15) is 0 Å². The van der Waals surface area contributed by atoms with Gasteiger partial charge in [-0.15, -0.1) is 0 Å². The summed E-state index contributed by atoms with van der Waals surface area (Å²) < 4.78 is 16.9. The van der Waals surface area contributed by atoms with E-state index in [2.05, 4.69) is 5.32 Å². The summed E-state index contributed by atoms with van der Waals surface area (Å²) in [5.41, 5.74) is 7.39. The van der Waals surface area contributed by atoms with E-state index in [0.717, 1.165) is 5.69 Å². The molecule has 0 radical (unpaired) electrons. The van der Waals surface area contributed by atoms with Crippen LogP contribution in [0.5, 0.6) is 5.75 Å². The van der Waals surface area contributed by atoms with Crippen molar-refractivity contribution >= 4 is 22.2 Å². The lowest BCUT2D eigenvalue weighted by Crippen LogP contribution is -2.20. The van der Waals surface area contributed by atoms with E-state index in [9.17, 15) is 4.21 Å². The first-order valence-electron chi connectivity index (χ1n) is 6.02. The minimum absolute atomic E-state index is 0.0876. The van der Waals surface area contributed by atoms with Gasteiger partial charge in [0.25, 0.3) is 0 Å². The van der Waals surface area contributed by atoms with Gasteiger partial charge in [0.15, 0.2) is 0 Å². The van der Waals surface area contributed by atoms with Crippen LogP contribution in [0, 0.1) is 0 Å². The van der Waals surface area contributed by atoms with Gasteiger partial charge in [-0.3, -0.25) is 4.21 Å². The van der Waals surface area contributed by atoms with Crippen molar-refractivity contribution in [3.05, 3.63) is 18.2 Å². The van der Waals surface area contributed by atoms with Crippen molar-refractivity contribution in [3.8, 4) is 5.75 Å². The van der Waals surface area contributed by atoms with E-state index in [1.165, 1.54) is 0 Å². The Balaban J connectivity index is 2.70. The second-order valence-corrected chi connectivity index (χ2v) is 6.41. The molecule has 4 nitrogen and oxygen atoms in total. The van der Waals surface area contributed by atoms with Crippen LogP contribution >= 0.6 is 0 Å². The quantitative estimate of drug-likeness (QED) is 0.778. The lowest BCUT2D eigenvalue weighted by atomic mass is 10.2. The minimum Gasteiger partial charge on any atom is -0.489 e. The van der Waals surface area contributed by atoms with E-state index in [4.69, 9.17) is 10.5 Å². The predicted molar refractivity (Wildman–Crippen MR) is 78.6 cm³/mol. The first-order chi connectivity index (χ1) is 8.40. The third-order valence-electron chi connectivity index (χ3n) is 2.54. The third kappa shape index (κ3) is 4.56. The number of rotatable bonds is 6. The van der Waals surface area contributed by atoms with E-state index >= 15 is 0 Å². The summed E-state index contributed by atoms with van der Waals surface area (Å²) in [5, 5.41) is 3.35. The molecule has 2 unspecified atom stereocenters. The highest BCUT2D eigenvalue weighted by Gasteiger charge is 2.08. The SMILES string of the molecule is CC(C)Oc1cc(NCC(C)S(C)=O)ccc1N. The van der Waals surface area contributed by atoms with Crippen LogP contribution in [0.3, 0.4) is 0 Å². The molecule has 2 atom stereocenters. The van der Waals surface area contributed by atoms with E-state index in [-0.39, 0.29) is 11.4 Å². The van der Waals surface area contributed by atoms with Crippen molar-refractivity contribution in [1.82, 2.24) is 0 Å². The molecule has 0 aromatic heterocycles. The second kappa shape index (κ2) is 6.64. The first-order valence-corrected chi connectivity index (χ1v) is 7.64. The van der Waals surface area contributed by atoms with E-state index in [0.29, 0.717) is 18.0 Å². The van der Waals surface area contributed by atoms with Crippen LogP contribution in [-0.4, -0.2) is 28.4 Å². The molecule has 0 heterocycles. The van der Waals surface area contributed by atoms with Crippen LogP contribution in [0.4, 0.5) is 11.4 Å². The van der Waals surface area contributed by atoms with Crippen molar-refractivity contribution in [2.24, 2.45) is 0 Å². The summed E-state index contributed by atoms with van der Waals surface area (Å²) in [6.07, 6.45) is 1.80. The Hall–Kier alpha value is -1.23. The maximum atomic E-state index is 11.3. The van der Waals surface area contributed by atoms with Gasteiger partial charge in [0.2, 0.25) is 0 Å². The Morgan fingerprint density at radius 1 is 1.39 bits per heavy atom. The maximum absolute atomic E-state index is 11.3. The number of ether oxygens (including phenoxy) is 1. The van der Waals surface area contributed by atoms with Gasteiger partial charge in [-0.1, -0.05) is 0 Å². The van der Waals surface area contributed by atoms with Gasteiger partial charge in [0.1, 0.15) is 5.75 Å². The molecule has 0 fully saturated rings. The molecule has 0 spiro atoms. The van der Waals surface area contributed by atoms with Crippen LogP contribution in [-0.2, 0) is 10.8 Å². The zero-order valence-corrected chi connectivity index (χ0v) is 12.2. The molecule has 3 N–H and O–H groups in total. The molecule has 1 rings (SSSR count). The van der Waals surface area contributed by atoms with Gasteiger partial charge >= 0.3 is 0 Å². The normalized spacial score (nSPS) is 14.3. The molecular weight excluding hydrogens is 248 g/mol. The van der Waals surface area contributed by atoms with Crippen LogP contribution in [0.2, 0.25) is 0 Å². The molecule has 1 aromatic carbocycles. The first kappa shape index (κ1) is 14.8.